The third-order valence-corrected chi connectivity index (χ3v) is 11.6. The summed E-state index contributed by atoms with van der Waals surface area (Å²) in [5.74, 6) is -1.55. The second kappa shape index (κ2) is 14.5. The van der Waals surface area contributed by atoms with Gasteiger partial charge < -0.3 is 29.7 Å². The van der Waals surface area contributed by atoms with Crippen LogP contribution < -0.4 is 24.8 Å². The van der Waals surface area contributed by atoms with Crippen LogP contribution in [0.3, 0.4) is 0 Å². The number of aromatic nitrogens is 2. The summed E-state index contributed by atoms with van der Waals surface area (Å²) in [6, 6.07) is 3.17. The van der Waals surface area contributed by atoms with Gasteiger partial charge in [-0.2, -0.15) is 0 Å². The van der Waals surface area contributed by atoms with Gasteiger partial charge in [-0.05, 0) is 78.4 Å². The summed E-state index contributed by atoms with van der Waals surface area (Å²) in [5.41, 5.74) is -0.639. The van der Waals surface area contributed by atoms with Gasteiger partial charge in [0.2, 0.25) is 27.7 Å². The first-order valence-corrected chi connectivity index (χ1v) is 19.5. The van der Waals surface area contributed by atoms with Crippen molar-refractivity contribution >= 4 is 44.9 Å². The average molecular weight is 741 g/mol. The predicted molar refractivity (Wildman–Crippen MR) is 190 cm³/mol. The van der Waals surface area contributed by atoms with Crippen molar-refractivity contribution in [3.05, 3.63) is 36.0 Å². The molecule has 2 aliphatic carbocycles. The van der Waals surface area contributed by atoms with E-state index in [1.165, 1.54) is 4.90 Å². The molecule has 5 atom stereocenters. The van der Waals surface area contributed by atoms with Gasteiger partial charge >= 0.3 is 6.09 Å². The van der Waals surface area contributed by atoms with Gasteiger partial charge in [-0.3, -0.25) is 19.1 Å². The van der Waals surface area contributed by atoms with E-state index in [4.69, 9.17) is 14.2 Å². The summed E-state index contributed by atoms with van der Waals surface area (Å²) in [6.45, 7) is 6.89. The predicted octanol–water partition coefficient (Wildman–Crippen LogP) is 3.19. The molecule has 6 rings (SSSR count). The molecule has 16 heteroatoms. The Balaban J connectivity index is 1.31. The number of fused-ring (bicyclic) bond motifs is 3. The number of hydrogen-bond donors (Lipinski definition) is 3. The summed E-state index contributed by atoms with van der Waals surface area (Å²) in [7, 11) is -2.34. The molecule has 3 fully saturated rings. The Bertz CT molecular complexity index is 1870. The summed E-state index contributed by atoms with van der Waals surface area (Å²) in [6.07, 6.45) is 6.68. The van der Waals surface area contributed by atoms with E-state index in [1.54, 1.807) is 53.0 Å². The highest BCUT2D eigenvalue weighted by Crippen LogP contribution is 2.46. The molecule has 4 aliphatic rings. The number of nitrogens with zero attached hydrogens (tertiary/aromatic N) is 3. The Hall–Kier alpha value is -4.47. The standard InChI is InChI=1S/C36H48N6O9S/c1-21-31(38-28-17-23(49-5)13-16-26(28)37-21)50-24-18-29-30(43)40-36(33(45)41-52(47,48)25-14-15-25)19-22(36)11-9-7-6-8-10-12-27(32(44)42(29)20-24)39-34(46)51-35(2,3)4/h9,11,13,16-17,22,24-25,27,29H,6-8,10,12,14-15,18-20H2,1-5H3,(H,39,46)(H,40,43)(H,41,45)/b11-9-/t22-,24-,27+,29+,36-/m1/s1. The highest BCUT2D eigenvalue weighted by molar-refractivity contribution is 7.91. The SMILES string of the molecule is COc1ccc2nc(C)c(O[C@@H]3C[C@H]4C(=O)N[C@]5(C(=O)NS(=O)(=O)C6CC6)C[C@H]5/C=C\CCCCC[C@H](NC(=O)OC(C)(C)C)C(=O)N4C3)nc2c1. The molecule has 2 aromatic rings. The van der Waals surface area contributed by atoms with Gasteiger partial charge in [-0.15, -0.1) is 0 Å². The molecule has 1 saturated heterocycles. The molecule has 3 N–H and O–H groups in total. The minimum atomic E-state index is -3.89. The molecular weight excluding hydrogens is 692 g/mol. The van der Waals surface area contributed by atoms with Crippen molar-refractivity contribution < 1.29 is 41.8 Å². The van der Waals surface area contributed by atoms with Gasteiger partial charge in [-0.25, -0.2) is 23.2 Å². The molecule has 3 heterocycles. The minimum absolute atomic E-state index is 0.0285. The number of amides is 4. The molecule has 0 unspecified atom stereocenters. The fourth-order valence-electron chi connectivity index (χ4n) is 6.80. The molecule has 0 bridgehead atoms. The number of allylic oxidation sites excluding steroid dienone is 1. The number of nitrogens with one attached hydrogen (secondary N) is 3. The second-order valence-corrected chi connectivity index (χ2v) is 17.1. The first-order chi connectivity index (χ1) is 24.6. The molecule has 0 radical (unpaired) electrons. The summed E-state index contributed by atoms with van der Waals surface area (Å²) in [4.78, 5) is 65.9. The van der Waals surface area contributed by atoms with E-state index in [0.29, 0.717) is 54.6 Å². The van der Waals surface area contributed by atoms with Crippen LogP contribution in [0.15, 0.2) is 30.4 Å². The van der Waals surface area contributed by atoms with Crippen molar-refractivity contribution in [3.8, 4) is 11.6 Å². The van der Waals surface area contributed by atoms with Crippen molar-refractivity contribution in [2.45, 2.75) is 120 Å². The van der Waals surface area contributed by atoms with Crippen LogP contribution >= 0.6 is 0 Å². The van der Waals surface area contributed by atoms with E-state index in [9.17, 15) is 27.6 Å². The number of methoxy groups -OCH3 is 1. The number of sulfonamides is 1. The van der Waals surface area contributed by atoms with Gasteiger partial charge in [0.05, 0.1) is 29.9 Å². The van der Waals surface area contributed by atoms with Gasteiger partial charge in [0, 0.05) is 18.4 Å². The number of rotatable bonds is 7. The lowest BCUT2D eigenvalue weighted by atomic mass is 10.0. The molecule has 1 aromatic heterocycles. The molecule has 2 aliphatic heterocycles. The maximum atomic E-state index is 14.4. The van der Waals surface area contributed by atoms with Crippen molar-refractivity contribution in [1.29, 1.82) is 0 Å². The Labute approximate surface area is 303 Å². The van der Waals surface area contributed by atoms with Crippen LogP contribution in [-0.4, -0.2) is 95.3 Å². The fourth-order valence-corrected chi connectivity index (χ4v) is 8.16. The van der Waals surface area contributed by atoms with Gasteiger partial charge in [0.15, 0.2) is 0 Å². The quantitative estimate of drug-likeness (QED) is 0.353. The molecule has 0 spiro atoms. The number of benzene rings is 1. The second-order valence-electron chi connectivity index (χ2n) is 15.2. The zero-order valence-corrected chi connectivity index (χ0v) is 31.1. The normalized spacial score (nSPS) is 27.6. The summed E-state index contributed by atoms with van der Waals surface area (Å²) < 4.78 is 45.0. The first-order valence-electron chi connectivity index (χ1n) is 17.9. The fraction of sp³-hybridized carbons (Fsp3) is 0.611. The van der Waals surface area contributed by atoms with Gasteiger partial charge in [-0.1, -0.05) is 25.0 Å². The third-order valence-electron chi connectivity index (χ3n) is 9.81. The van der Waals surface area contributed by atoms with Crippen molar-refractivity contribution in [2.24, 2.45) is 5.92 Å². The van der Waals surface area contributed by atoms with E-state index < -0.39 is 74.3 Å². The number of carbonyl (C=O) groups excluding carboxylic acids is 4. The lowest BCUT2D eigenvalue weighted by molar-refractivity contribution is -0.141. The van der Waals surface area contributed by atoms with E-state index in [1.807, 2.05) is 12.2 Å². The highest BCUT2D eigenvalue weighted by Gasteiger charge is 2.62. The smallest absolute Gasteiger partial charge is 0.408 e. The lowest BCUT2D eigenvalue weighted by Crippen LogP contribution is -2.58. The van der Waals surface area contributed by atoms with Crippen molar-refractivity contribution in [1.82, 2.24) is 30.2 Å². The lowest BCUT2D eigenvalue weighted by Gasteiger charge is -2.30. The van der Waals surface area contributed by atoms with Crippen LogP contribution in [0.25, 0.3) is 11.0 Å². The van der Waals surface area contributed by atoms with E-state index >= 15 is 0 Å². The zero-order valence-electron chi connectivity index (χ0n) is 30.3. The summed E-state index contributed by atoms with van der Waals surface area (Å²) in [5, 5.41) is 4.96. The maximum absolute atomic E-state index is 14.4. The zero-order chi connectivity index (χ0) is 37.4. The number of aryl methyl sites for hydroxylation is 1. The van der Waals surface area contributed by atoms with Gasteiger partial charge in [0.25, 0.3) is 5.91 Å². The topological polar surface area (TPSA) is 195 Å². The molecule has 4 amide bonds. The Morgan fingerprint density at radius 3 is 2.54 bits per heavy atom. The molecule has 1 aromatic carbocycles. The van der Waals surface area contributed by atoms with Crippen LogP contribution in [0.4, 0.5) is 4.79 Å². The minimum Gasteiger partial charge on any atom is -0.497 e. The van der Waals surface area contributed by atoms with Crippen LogP contribution in [0.2, 0.25) is 0 Å². The van der Waals surface area contributed by atoms with Crippen LogP contribution in [-0.2, 0) is 29.1 Å². The van der Waals surface area contributed by atoms with Crippen LogP contribution in [0.5, 0.6) is 11.6 Å². The van der Waals surface area contributed by atoms with Gasteiger partial charge in [0.1, 0.15) is 40.8 Å². The molecule has 15 nitrogen and oxygen atoms in total. The van der Waals surface area contributed by atoms with E-state index in [0.717, 1.165) is 12.8 Å². The van der Waals surface area contributed by atoms with Crippen molar-refractivity contribution in [2.75, 3.05) is 13.7 Å². The molecule has 282 valence electrons. The number of hydrogen-bond acceptors (Lipinski definition) is 11. The van der Waals surface area contributed by atoms with Crippen LogP contribution in [0, 0.1) is 12.8 Å². The molecule has 52 heavy (non-hydrogen) atoms. The molecule has 2 saturated carbocycles. The van der Waals surface area contributed by atoms with Crippen LogP contribution in [0.1, 0.15) is 84.3 Å². The third kappa shape index (κ3) is 8.42. The van der Waals surface area contributed by atoms with Crippen molar-refractivity contribution in [3.63, 3.8) is 0 Å². The number of alkyl carbamates (subject to hydrolysis) is 1. The van der Waals surface area contributed by atoms with E-state index in [-0.39, 0.29) is 25.3 Å². The monoisotopic (exact) mass is 740 g/mol. The Morgan fingerprint density at radius 1 is 1.06 bits per heavy atom. The number of carbonyl (C=O) groups is 4. The Kier molecular flexibility index (Phi) is 10.4. The Morgan fingerprint density at radius 2 is 1.83 bits per heavy atom. The highest BCUT2D eigenvalue weighted by atomic mass is 32.2. The largest absolute Gasteiger partial charge is 0.497 e. The average Bonchev–Trinajstić information content (AvgIpc) is 3.99. The molecular formula is C36H48N6O9S. The number of ether oxygens (including phenoxy) is 3. The summed E-state index contributed by atoms with van der Waals surface area (Å²) >= 11 is 0. The maximum Gasteiger partial charge on any atom is 0.408 e. The first kappa shape index (κ1) is 37.3. The van der Waals surface area contributed by atoms with E-state index in [2.05, 4.69) is 25.3 Å².